The molecule has 0 unspecified atom stereocenters. The number of rotatable bonds is 3. The van der Waals surface area contributed by atoms with Crippen molar-refractivity contribution in [3.05, 3.63) is 29.8 Å². The molecule has 0 aliphatic carbocycles. The Labute approximate surface area is 116 Å². The number of hydrogen-bond acceptors (Lipinski definition) is 4. The predicted octanol–water partition coefficient (Wildman–Crippen LogP) is 2.54. The summed E-state index contributed by atoms with van der Waals surface area (Å²) in [5.41, 5.74) is 1.05. The highest BCUT2D eigenvalue weighted by atomic mass is 16.5. The number of carboxylic acid groups (broad SMARTS) is 1. The summed E-state index contributed by atoms with van der Waals surface area (Å²) in [5.74, 6) is 0.335. The molecule has 1 aliphatic rings. The van der Waals surface area contributed by atoms with Crippen LogP contribution < -0.4 is 9.64 Å². The maximum atomic E-state index is 11.5. The molecule has 1 fully saturated rings. The molecule has 0 spiro atoms. The van der Waals surface area contributed by atoms with Crippen LogP contribution in [0.2, 0.25) is 0 Å². The van der Waals surface area contributed by atoms with Gasteiger partial charge in [0.1, 0.15) is 17.1 Å². The zero-order valence-corrected chi connectivity index (χ0v) is 11.3. The summed E-state index contributed by atoms with van der Waals surface area (Å²) in [5, 5.41) is 10.2. The molecule has 2 aromatic rings. The molecule has 1 aliphatic heterocycles. The van der Waals surface area contributed by atoms with Gasteiger partial charge in [-0.15, -0.1) is 0 Å². The number of fused-ring (bicyclic) bond motifs is 1. The first kappa shape index (κ1) is 12.7. The van der Waals surface area contributed by atoms with Gasteiger partial charge in [0.25, 0.3) is 0 Å². The van der Waals surface area contributed by atoms with E-state index in [1.165, 1.54) is 0 Å². The van der Waals surface area contributed by atoms with E-state index in [0.717, 1.165) is 36.8 Å². The second-order valence-corrected chi connectivity index (χ2v) is 4.92. The van der Waals surface area contributed by atoms with Crippen LogP contribution in [0.25, 0.3) is 10.9 Å². The van der Waals surface area contributed by atoms with E-state index in [1.807, 2.05) is 23.1 Å². The quantitative estimate of drug-likeness (QED) is 0.930. The molecule has 0 saturated carbocycles. The lowest BCUT2D eigenvalue weighted by molar-refractivity contribution is 0.0697. The fraction of sp³-hybridized carbons (Fsp3) is 0.333. The van der Waals surface area contributed by atoms with Gasteiger partial charge >= 0.3 is 5.97 Å². The van der Waals surface area contributed by atoms with Gasteiger partial charge in [0.2, 0.25) is 0 Å². The summed E-state index contributed by atoms with van der Waals surface area (Å²) in [6, 6.07) is 7.19. The summed E-state index contributed by atoms with van der Waals surface area (Å²) < 4.78 is 5.17. The summed E-state index contributed by atoms with van der Waals surface area (Å²) in [4.78, 5) is 18.1. The first-order chi connectivity index (χ1) is 9.69. The van der Waals surface area contributed by atoms with Crippen molar-refractivity contribution in [1.82, 2.24) is 4.98 Å². The third-order valence-electron chi connectivity index (χ3n) is 3.64. The van der Waals surface area contributed by atoms with Crippen LogP contribution in [0, 0.1) is 0 Å². The number of methoxy groups -OCH3 is 1. The topological polar surface area (TPSA) is 62.7 Å². The molecular weight excluding hydrogens is 256 g/mol. The molecule has 3 rings (SSSR count). The molecule has 1 aromatic carbocycles. The number of pyridine rings is 1. The second kappa shape index (κ2) is 5.00. The van der Waals surface area contributed by atoms with Crippen LogP contribution in [0.3, 0.4) is 0 Å². The maximum absolute atomic E-state index is 11.5. The van der Waals surface area contributed by atoms with Gasteiger partial charge in [0.05, 0.1) is 12.6 Å². The van der Waals surface area contributed by atoms with E-state index in [0.29, 0.717) is 11.6 Å². The van der Waals surface area contributed by atoms with Gasteiger partial charge in [0, 0.05) is 18.5 Å². The van der Waals surface area contributed by atoms with Gasteiger partial charge in [0.15, 0.2) is 0 Å². The molecule has 5 nitrogen and oxygen atoms in total. The molecular formula is C15H16N2O3. The second-order valence-electron chi connectivity index (χ2n) is 4.92. The van der Waals surface area contributed by atoms with Gasteiger partial charge in [-0.1, -0.05) is 0 Å². The zero-order chi connectivity index (χ0) is 14.1. The zero-order valence-electron chi connectivity index (χ0n) is 11.3. The van der Waals surface area contributed by atoms with Gasteiger partial charge in [-0.2, -0.15) is 0 Å². The molecule has 20 heavy (non-hydrogen) atoms. The van der Waals surface area contributed by atoms with Crippen LogP contribution in [0.15, 0.2) is 24.3 Å². The predicted molar refractivity (Wildman–Crippen MR) is 76.7 cm³/mol. The smallest absolute Gasteiger partial charge is 0.339 e. The van der Waals surface area contributed by atoms with E-state index in [-0.39, 0.29) is 5.56 Å². The first-order valence-electron chi connectivity index (χ1n) is 6.66. The highest BCUT2D eigenvalue weighted by Gasteiger charge is 2.21. The lowest BCUT2D eigenvalue weighted by atomic mass is 10.1. The normalized spacial score (nSPS) is 14.8. The number of benzene rings is 1. The van der Waals surface area contributed by atoms with Crippen LogP contribution in [0.1, 0.15) is 23.2 Å². The van der Waals surface area contributed by atoms with Crippen LogP contribution in [-0.4, -0.2) is 36.3 Å². The Kier molecular flexibility index (Phi) is 3.18. The Morgan fingerprint density at radius 1 is 1.30 bits per heavy atom. The molecule has 0 atom stereocenters. The van der Waals surface area contributed by atoms with Crippen molar-refractivity contribution in [1.29, 1.82) is 0 Å². The number of carboxylic acids is 1. The highest BCUT2D eigenvalue weighted by Crippen LogP contribution is 2.28. The van der Waals surface area contributed by atoms with Crippen molar-refractivity contribution < 1.29 is 14.6 Å². The minimum atomic E-state index is -0.941. The van der Waals surface area contributed by atoms with Crippen molar-refractivity contribution in [2.75, 3.05) is 25.1 Å². The van der Waals surface area contributed by atoms with E-state index in [9.17, 15) is 9.90 Å². The Morgan fingerprint density at radius 2 is 2.05 bits per heavy atom. The van der Waals surface area contributed by atoms with E-state index >= 15 is 0 Å². The molecule has 1 saturated heterocycles. The van der Waals surface area contributed by atoms with Crippen LogP contribution in [0.4, 0.5) is 5.82 Å². The molecule has 104 valence electrons. The number of carbonyl (C=O) groups is 1. The Morgan fingerprint density at radius 3 is 2.70 bits per heavy atom. The lowest BCUT2D eigenvalue weighted by Gasteiger charge is -2.19. The lowest BCUT2D eigenvalue weighted by Crippen LogP contribution is -2.22. The standard InChI is InChI=1S/C15H16N2O3/c1-20-11-4-5-13-10(8-11)9-12(15(18)19)14(16-13)17-6-2-3-7-17/h4-5,8-9H,2-3,6-7H2,1H3,(H,18,19). The van der Waals surface area contributed by atoms with Crippen molar-refractivity contribution in [3.63, 3.8) is 0 Å². The van der Waals surface area contributed by atoms with Crippen molar-refractivity contribution >= 4 is 22.7 Å². The maximum Gasteiger partial charge on any atom is 0.339 e. The highest BCUT2D eigenvalue weighted by molar-refractivity contribution is 5.98. The van der Waals surface area contributed by atoms with Crippen molar-refractivity contribution in [3.8, 4) is 5.75 Å². The summed E-state index contributed by atoms with van der Waals surface area (Å²) in [7, 11) is 1.59. The summed E-state index contributed by atoms with van der Waals surface area (Å²) in [6.45, 7) is 1.74. The van der Waals surface area contributed by atoms with E-state index < -0.39 is 5.97 Å². The van der Waals surface area contributed by atoms with Crippen LogP contribution >= 0.6 is 0 Å². The minimum Gasteiger partial charge on any atom is -0.497 e. The summed E-state index contributed by atoms with van der Waals surface area (Å²) in [6.07, 6.45) is 2.17. The fourth-order valence-electron chi connectivity index (χ4n) is 2.60. The Balaban J connectivity index is 2.17. The fourth-order valence-corrected chi connectivity index (χ4v) is 2.60. The van der Waals surface area contributed by atoms with Crippen molar-refractivity contribution in [2.45, 2.75) is 12.8 Å². The van der Waals surface area contributed by atoms with E-state index in [2.05, 4.69) is 4.98 Å². The van der Waals surface area contributed by atoms with Gasteiger partial charge in [-0.25, -0.2) is 9.78 Å². The average molecular weight is 272 g/mol. The number of anilines is 1. The monoisotopic (exact) mass is 272 g/mol. The number of aromatic nitrogens is 1. The Bertz CT molecular complexity index is 663. The SMILES string of the molecule is COc1ccc2nc(N3CCCC3)c(C(=O)O)cc2c1. The van der Waals surface area contributed by atoms with E-state index in [1.54, 1.807) is 13.2 Å². The third kappa shape index (κ3) is 2.15. The molecule has 0 radical (unpaired) electrons. The number of aromatic carboxylic acids is 1. The number of nitrogens with zero attached hydrogens (tertiary/aromatic N) is 2. The molecule has 2 heterocycles. The summed E-state index contributed by atoms with van der Waals surface area (Å²) >= 11 is 0. The van der Waals surface area contributed by atoms with E-state index in [4.69, 9.17) is 4.74 Å². The molecule has 1 aromatic heterocycles. The third-order valence-corrected chi connectivity index (χ3v) is 3.64. The molecule has 5 heteroatoms. The molecule has 0 bridgehead atoms. The largest absolute Gasteiger partial charge is 0.497 e. The molecule has 1 N–H and O–H groups in total. The van der Waals surface area contributed by atoms with Gasteiger partial charge in [-0.05, 0) is 37.1 Å². The minimum absolute atomic E-state index is 0.257. The average Bonchev–Trinajstić information content (AvgIpc) is 2.99. The number of ether oxygens (including phenoxy) is 1. The van der Waals surface area contributed by atoms with Gasteiger partial charge in [-0.3, -0.25) is 0 Å². The molecule has 0 amide bonds. The van der Waals surface area contributed by atoms with Crippen molar-refractivity contribution in [2.24, 2.45) is 0 Å². The van der Waals surface area contributed by atoms with Gasteiger partial charge < -0.3 is 14.7 Å². The Hall–Kier alpha value is -2.30. The van der Waals surface area contributed by atoms with Crippen LogP contribution in [-0.2, 0) is 0 Å². The number of hydrogen-bond donors (Lipinski definition) is 1. The van der Waals surface area contributed by atoms with Crippen LogP contribution in [0.5, 0.6) is 5.75 Å². The first-order valence-corrected chi connectivity index (χ1v) is 6.66.